The summed E-state index contributed by atoms with van der Waals surface area (Å²) in [5.41, 5.74) is 2.06. The Balaban J connectivity index is 1.85. The van der Waals surface area contributed by atoms with E-state index in [1.165, 1.54) is 0 Å². The monoisotopic (exact) mass is 291 g/mol. The Morgan fingerprint density at radius 1 is 1.29 bits per heavy atom. The van der Waals surface area contributed by atoms with Crippen molar-refractivity contribution in [3.05, 3.63) is 35.4 Å². The molecular formula is C16H21NO4. The van der Waals surface area contributed by atoms with E-state index < -0.39 is 11.9 Å². The van der Waals surface area contributed by atoms with Gasteiger partial charge in [0.25, 0.3) is 0 Å². The van der Waals surface area contributed by atoms with Crippen LogP contribution in [0.5, 0.6) is 0 Å². The van der Waals surface area contributed by atoms with Crippen molar-refractivity contribution in [2.45, 2.75) is 32.9 Å². The number of benzene rings is 1. The van der Waals surface area contributed by atoms with Gasteiger partial charge in [0.1, 0.15) is 0 Å². The van der Waals surface area contributed by atoms with Crippen LogP contribution in [0.2, 0.25) is 0 Å². The molecule has 0 aromatic heterocycles. The number of carboxylic acids is 1. The van der Waals surface area contributed by atoms with Gasteiger partial charge in [0.05, 0.1) is 18.4 Å². The number of nitrogens with one attached hydrogen (secondary N) is 1. The highest BCUT2D eigenvalue weighted by atomic mass is 16.5. The normalized spacial score (nSPS) is 20.0. The highest BCUT2D eigenvalue weighted by Gasteiger charge is 2.48. The molecule has 2 N–H and O–H groups in total. The minimum atomic E-state index is -0.886. The van der Waals surface area contributed by atoms with Crippen LogP contribution in [0.3, 0.4) is 0 Å². The van der Waals surface area contributed by atoms with E-state index >= 15 is 0 Å². The number of amides is 1. The summed E-state index contributed by atoms with van der Waals surface area (Å²) in [6, 6.07) is 7.79. The molecule has 2 atom stereocenters. The topological polar surface area (TPSA) is 75.6 Å². The number of carbonyl (C=O) groups excluding carboxylic acids is 1. The Hall–Kier alpha value is -1.88. The number of aliphatic carboxylic acids is 1. The molecule has 1 saturated carbocycles. The van der Waals surface area contributed by atoms with Gasteiger partial charge in [0, 0.05) is 13.2 Å². The average Bonchev–Trinajstić information content (AvgIpc) is 3.27. The van der Waals surface area contributed by atoms with Gasteiger partial charge in [-0.3, -0.25) is 9.59 Å². The minimum absolute atomic E-state index is 0.174. The van der Waals surface area contributed by atoms with Gasteiger partial charge in [-0.2, -0.15) is 0 Å². The van der Waals surface area contributed by atoms with Crippen molar-refractivity contribution in [3.63, 3.8) is 0 Å². The van der Waals surface area contributed by atoms with Crippen molar-refractivity contribution < 1.29 is 19.4 Å². The maximum absolute atomic E-state index is 11.9. The van der Waals surface area contributed by atoms with E-state index in [4.69, 9.17) is 9.84 Å². The molecule has 1 aliphatic rings. The molecule has 0 aliphatic heterocycles. The van der Waals surface area contributed by atoms with Crippen molar-refractivity contribution in [3.8, 4) is 0 Å². The van der Waals surface area contributed by atoms with Crippen LogP contribution in [0.1, 0.15) is 30.9 Å². The number of carboxylic acid groups (broad SMARTS) is 1. The van der Waals surface area contributed by atoms with Crippen LogP contribution in [0.25, 0.3) is 0 Å². The second-order valence-electron chi connectivity index (χ2n) is 5.33. The maximum atomic E-state index is 11.9. The Morgan fingerprint density at radius 3 is 2.62 bits per heavy atom. The van der Waals surface area contributed by atoms with E-state index in [2.05, 4.69) is 12.2 Å². The van der Waals surface area contributed by atoms with Gasteiger partial charge < -0.3 is 15.2 Å². The Kier molecular flexibility index (Phi) is 5.33. The predicted octanol–water partition coefficient (Wildman–Crippen LogP) is 1.95. The molecule has 2 rings (SSSR count). The van der Waals surface area contributed by atoms with Crippen LogP contribution in [0.4, 0.5) is 0 Å². The van der Waals surface area contributed by atoms with E-state index in [1.807, 2.05) is 24.3 Å². The second-order valence-corrected chi connectivity index (χ2v) is 5.33. The molecule has 2 unspecified atom stereocenters. The van der Waals surface area contributed by atoms with E-state index in [-0.39, 0.29) is 11.8 Å². The van der Waals surface area contributed by atoms with Crippen molar-refractivity contribution in [2.75, 3.05) is 6.61 Å². The van der Waals surface area contributed by atoms with Gasteiger partial charge in [0.15, 0.2) is 0 Å². The predicted molar refractivity (Wildman–Crippen MR) is 77.5 cm³/mol. The SMILES string of the molecule is CCCOCc1ccccc1CNC(=O)C1CC1C(=O)O. The van der Waals surface area contributed by atoms with Gasteiger partial charge >= 0.3 is 5.97 Å². The van der Waals surface area contributed by atoms with Gasteiger partial charge in [-0.05, 0) is 24.0 Å². The minimum Gasteiger partial charge on any atom is -0.481 e. The molecule has 1 aliphatic carbocycles. The first-order chi connectivity index (χ1) is 10.1. The van der Waals surface area contributed by atoms with E-state index in [0.29, 0.717) is 26.2 Å². The summed E-state index contributed by atoms with van der Waals surface area (Å²) in [4.78, 5) is 22.6. The lowest BCUT2D eigenvalue weighted by Crippen LogP contribution is -2.26. The fourth-order valence-electron chi connectivity index (χ4n) is 2.27. The Bertz CT molecular complexity index is 515. The number of rotatable bonds is 8. The standard InChI is InChI=1S/C16H21NO4/c1-2-7-21-10-12-6-4-3-5-11(12)9-17-15(18)13-8-14(13)16(19)20/h3-6,13-14H,2,7-10H2,1H3,(H,17,18)(H,19,20). The molecule has 0 saturated heterocycles. The van der Waals surface area contributed by atoms with E-state index in [0.717, 1.165) is 17.5 Å². The zero-order chi connectivity index (χ0) is 15.2. The molecule has 1 amide bonds. The third-order valence-corrected chi connectivity index (χ3v) is 3.62. The first-order valence-electron chi connectivity index (χ1n) is 7.28. The molecule has 5 heteroatoms. The molecule has 1 aromatic rings. The summed E-state index contributed by atoms with van der Waals surface area (Å²) < 4.78 is 5.53. The third kappa shape index (κ3) is 4.29. The summed E-state index contributed by atoms with van der Waals surface area (Å²) in [5.74, 6) is -1.94. The van der Waals surface area contributed by atoms with Crippen LogP contribution in [-0.4, -0.2) is 23.6 Å². The zero-order valence-corrected chi connectivity index (χ0v) is 12.2. The molecular weight excluding hydrogens is 270 g/mol. The lowest BCUT2D eigenvalue weighted by molar-refractivity contribution is -0.140. The largest absolute Gasteiger partial charge is 0.481 e. The van der Waals surface area contributed by atoms with Crippen LogP contribution >= 0.6 is 0 Å². The summed E-state index contributed by atoms with van der Waals surface area (Å²) in [5, 5.41) is 11.6. The molecule has 0 heterocycles. The lowest BCUT2D eigenvalue weighted by Gasteiger charge is -2.11. The number of hydrogen-bond acceptors (Lipinski definition) is 3. The number of hydrogen-bond donors (Lipinski definition) is 2. The molecule has 5 nitrogen and oxygen atoms in total. The zero-order valence-electron chi connectivity index (χ0n) is 12.2. The van der Waals surface area contributed by atoms with Crippen LogP contribution in [0, 0.1) is 11.8 Å². The smallest absolute Gasteiger partial charge is 0.307 e. The molecule has 0 radical (unpaired) electrons. The summed E-state index contributed by atoms with van der Waals surface area (Å²) in [6.45, 7) is 3.71. The van der Waals surface area contributed by atoms with Crippen LogP contribution in [-0.2, 0) is 27.5 Å². The van der Waals surface area contributed by atoms with Gasteiger partial charge in [0.2, 0.25) is 5.91 Å². The lowest BCUT2D eigenvalue weighted by atomic mass is 10.1. The number of carbonyl (C=O) groups is 2. The Labute approximate surface area is 124 Å². The van der Waals surface area contributed by atoms with Crippen molar-refractivity contribution in [2.24, 2.45) is 11.8 Å². The Morgan fingerprint density at radius 2 is 2.00 bits per heavy atom. The molecule has 1 aromatic carbocycles. The van der Waals surface area contributed by atoms with Crippen LogP contribution < -0.4 is 5.32 Å². The highest BCUT2D eigenvalue weighted by Crippen LogP contribution is 2.38. The highest BCUT2D eigenvalue weighted by molar-refractivity contribution is 5.89. The third-order valence-electron chi connectivity index (χ3n) is 3.62. The molecule has 1 fully saturated rings. The van der Waals surface area contributed by atoms with Gasteiger partial charge in [-0.1, -0.05) is 31.2 Å². The van der Waals surface area contributed by atoms with Crippen molar-refractivity contribution in [1.29, 1.82) is 0 Å². The fraction of sp³-hybridized carbons (Fsp3) is 0.500. The van der Waals surface area contributed by atoms with Gasteiger partial charge in [-0.15, -0.1) is 0 Å². The number of ether oxygens (including phenoxy) is 1. The van der Waals surface area contributed by atoms with Gasteiger partial charge in [-0.25, -0.2) is 0 Å². The first-order valence-corrected chi connectivity index (χ1v) is 7.28. The summed E-state index contributed by atoms with van der Waals surface area (Å²) in [6.07, 6.45) is 1.42. The molecule has 0 spiro atoms. The van der Waals surface area contributed by atoms with Crippen LogP contribution in [0.15, 0.2) is 24.3 Å². The quantitative estimate of drug-likeness (QED) is 0.718. The van der Waals surface area contributed by atoms with E-state index in [9.17, 15) is 9.59 Å². The fourth-order valence-corrected chi connectivity index (χ4v) is 2.27. The van der Waals surface area contributed by atoms with Crippen molar-refractivity contribution >= 4 is 11.9 Å². The molecule has 114 valence electrons. The second kappa shape index (κ2) is 7.22. The molecule has 21 heavy (non-hydrogen) atoms. The van der Waals surface area contributed by atoms with Crippen molar-refractivity contribution in [1.82, 2.24) is 5.32 Å². The molecule has 0 bridgehead atoms. The van der Waals surface area contributed by atoms with E-state index in [1.54, 1.807) is 0 Å². The maximum Gasteiger partial charge on any atom is 0.307 e. The summed E-state index contributed by atoms with van der Waals surface area (Å²) >= 11 is 0. The first kappa shape index (κ1) is 15.5. The average molecular weight is 291 g/mol. The summed E-state index contributed by atoms with van der Waals surface area (Å²) in [7, 11) is 0.